The molecular formula is C13H10BrNO3. The van der Waals surface area contributed by atoms with Gasteiger partial charge in [0.15, 0.2) is 0 Å². The molecule has 0 N–H and O–H groups in total. The zero-order chi connectivity index (χ0) is 13.0. The Labute approximate surface area is 112 Å². The van der Waals surface area contributed by atoms with Crippen molar-refractivity contribution < 1.29 is 14.0 Å². The zero-order valence-electron chi connectivity index (χ0n) is 9.59. The van der Waals surface area contributed by atoms with Gasteiger partial charge in [0.25, 0.3) is 0 Å². The van der Waals surface area contributed by atoms with E-state index in [-0.39, 0.29) is 0 Å². The van der Waals surface area contributed by atoms with Crippen molar-refractivity contribution in [1.29, 1.82) is 0 Å². The molecule has 0 spiro atoms. The fourth-order valence-electron chi connectivity index (χ4n) is 1.26. The maximum Gasteiger partial charge on any atom is 0.365 e. The van der Waals surface area contributed by atoms with Gasteiger partial charge in [-0.25, -0.2) is 4.79 Å². The first-order valence-corrected chi connectivity index (χ1v) is 5.99. The number of carbonyl (C=O) groups excluding carboxylic acids is 1. The van der Waals surface area contributed by atoms with Crippen LogP contribution in [0.15, 0.2) is 50.8 Å². The van der Waals surface area contributed by atoms with E-state index in [9.17, 15) is 4.79 Å². The van der Waals surface area contributed by atoms with Crippen LogP contribution >= 0.6 is 15.9 Å². The van der Waals surface area contributed by atoms with E-state index in [4.69, 9.17) is 9.25 Å². The van der Waals surface area contributed by atoms with E-state index < -0.39 is 5.97 Å². The lowest BCUT2D eigenvalue weighted by Gasteiger charge is -2.01. The highest BCUT2D eigenvalue weighted by atomic mass is 79.9. The van der Waals surface area contributed by atoms with Gasteiger partial charge < -0.3 is 9.25 Å². The molecule has 4 nitrogen and oxygen atoms in total. The number of furan rings is 1. The lowest BCUT2D eigenvalue weighted by molar-refractivity contribution is 0.0519. The van der Waals surface area contributed by atoms with E-state index in [1.165, 1.54) is 18.7 Å². The number of rotatable bonds is 3. The highest BCUT2D eigenvalue weighted by molar-refractivity contribution is 9.10. The molecule has 0 fully saturated rings. The first-order valence-electron chi connectivity index (χ1n) is 5.20. The number of oxime groups is 1. The lowest BCUT2D eigenvalue weighted by Crippen LogP contribution is -2.01. The van der Waals surface area contributed by atoms with Gasteiger partial charge in [0.2, 0.25) is 0 Å². The molecule has 18 heavy (non-hydrogen) atoms. The smallest absolute Gasteiger partial charge is 0.365 e. The fourth-order valence-corrected chi connectivity index (χ4v) is 1.63. The molecule has 1 aromatic carbocycles. The molecule has 2 rings (SSSR count). The maximum absolute atomic E-state index is 11.7. The van der Waals surface area contributed by atoms with Crippen molar-refractivity contribution in [2.75, 3.05) is 0 Å². The van der Waals surface area contributed by atoms with Gasteiger partial charge in [-0.15, -0.1) is 0 Å². The summed E-state index contributed by atoms with van der Waals surface area (Å²) >= 11 is 3.36. The van der Waals surface area contributed by atoms with Crippen LogP contribution < -0.4 is 0 Å². The minimum atomic E-state index is -0.504. The Morgan fingerprint density at radius 2 is 2.28 bits per heavy atom. The van der Waals surface area contributed by atoms with Crippen molar-refractivity contribution in [1.82, 2.24) is 0 Å². The van der Waals surface area contributed by atoms with Gasteiger partial charge in [0.1, 0.15) is 0 Å². The molecule has 0 unspecified atom stereocenters. The highest BCUT2D eigenvalue weighted by Crippen LogP contribution is 2.18. The summed E-state index contributed by atoms with van der Waals surface area (Å²) in [5.74, 6) is -0.504. The molecule has 0 bridgehead atoms. The van der Waals surface area contributed by atoms with Crippen LogP contribution in [-0.2, 0) is 4.84 Å². The molecule has 0 aliphatic carbocycles. The molecule has 0 atom stereocenters. The van der Waals surface area contributed by atoms with Gasteiger partial charge in [-0.05, 0) is 30.7 Å². The molecule has 0 radical (unpaired) electrons. The maximum atomic E-state index is 11.7. The summed E-state index contributed by atoms with van der Waals surface area (Å²) in [6.07, 6.45) is 4.42. The Morgan fingerprint density at radius 3 is 2.94 bits per heavy atom. The van der Waals surface area contributed by atoms with Gasteiger partial charge in [-0.3, -0.25) is 0 Å². The summed E-state index contributed by atoms with van der Waals surface area (Å²) in [4.78, 5) is 16.4. The van der Waals surface area contributed by atoms with Crippen LogP contribution in [0.5, 0.6) is 0 Å². The van der Waals surface area contributed by atoms with Crippen LogP contribution in [0, 0.1) is 6.92 Å². The molecule has 0 amide bonds. The second kappa shape index (κ2) is 5.64. The van der Waals surface area contributed by atoms with Crippen molar-refractivity contribution >= 4 is 28.1 Å². The lowest BCUT2D eigenvalue weighted by atomic mass is 10.1. The second-order valence-electron chi connectivity index (χ2n) is 3.63. The van der Waals surface area contributed by atoms with Crippen LogP contribution in [0.4, 0.5) is 0 Å². The average molecular weight is 308 g/mol. The first kappa shape index (κ1) is 12.6. The van der Waals surface area contributed by atoms with Crippen molar-refractivity contribution in [3.63, 3.8) is 0 Å². The predicted octanol–water partition coefficient (Wildman–Crippen LogP) is 3.54. The third-order valence-corrected chi connectivity index (χ3v) is 3.14. The summed E-state index contributed by atoms with van der Waals surface area (Å²) in [6.45, 7) is 1.94. The van der Waals surface area contributed by atoms with Gasteiger partial charge in [0, 0.05) is 10.0 Å². The Kier molecular flexibility index (Phi) is 3.94. The molecule has 1 aromatic heterocycles. The highest BCUT2D eigenvalue weighted by Gasteiger charge is 2.08. The molecule has 2 aromatic rings. The van der Waals surface area contributed by atoms with Crippen molar-refractivity contribution in [3.8, 4) is 0 Å². The standard InChI is InChI=1S/C13H10BrNO3/c1-9-2-3-11(6-12(9)14)13(16)18-15-7-10-4-5-17-8-10/h2-8H,1H3. The Morgan fingerprint density at radius 1 is 1.44 bits per heavy atom. The van der Waals surface area contributed by atoms with Crippen LogP contribution in [0.25, 0.3) is 0 Å². The van der Waals surface area contributed by atoms with E-state index in [0.29, 0.717) is 5.56 Å². The van der Waals surface area contributed by atoms with E-state index in [1.54, 1.807) is 18.2 Å². The van der Waals surface area contributed by atoms with Crippen molar-refractivity contribution in [3.05, 3.63) is 58.0 Å². The Balaban J connectivity index is 2.01. The first-order chi connectivity index (χ1) is 8.66. The molecule has 5 heteroatoms. The minimum absolute atomic E-state index is 0.441. The fraction of sp³-hybridized carbons (Fsp3) is 0.0769. The summed E-state index contributed by atoms with van der Waals surface area (Å²) in [6, 6.07) is 6.93. The number of hydrogen-bond acceptors (Lipinski definition) is 4. The number of aryl methyl sites for hydroxylation is 1. The number of halogens is 1. The van der Waals surface area contributed by atoms with Gasteiger partial charge >= 0.3 is 5.97 Å². The third-order valence-electron chi connectivity index (χ3n) is 2.29. The van der Waals surface area contributed by atoms with Crippen LogP contribution in [-0.4, -0.2) is 12.2 Å². The molecule has 0 aliphatic heterocycles. The SMILES string of the molecule is Cc1ccc(C(=O)ON=Cc2ccoc2)cc1Br. The molecule has 0 aliphatic rings. The molecule has 0 saturated heterocycles. The zero-order valence-corrected chi connectivity index (χ0v) is 11.2. The van der Waals surface area contributed by atoms with E-state index in [0.717, 1.165) is 15.6 Å². The van der Waals surface area contributed by atoms with Crippen molar-refractivity contribution in [2.24, 2.45) is 5.16 Å². The largest absolute Gasteiger partial charge is 0.472 e. The minimum Gasteiger partial charge on any atom is -0.472 e. The number of hydrogen-bond donors (Lipinski definition) is 0. The average Bonchev–Trinajstić information content (AvgIpc) is 2.85. The summed E-state index contributed by atoms with van der Waals surface area (Å²) in [7, 11) is 0. The van der Waals surface area contributed by atoms with Crippen LogP contribution in [0.2, 0.25) is 0 Å². The molecule has 0 saturated carbocycles. The number of carbonyl (C=O) groups is 1. The molecule has 1 heterocycles. The van der Waals surface area contributed by atoms with E-state index in [2.05, 4.69) is 21.1 Å². The summed E-state index contributed by atoms with van der Waals surface area (Å²) < 4.78 is 5.70. The number of benzene rings is 1. The van der Waals surface area contributed by atoms with Gasteiger partial charge in [0.05, 0.1) is 24.3 Å². The van der Waals surface area contributed by atoms with E-state index in [1.807, 2.05) is 13.0 Å². The number of nitrogens with zero attached hydrogens (tertiary/aromatic N) is 1. The Bertz CT molecular complexity index is 576. The Hall–Kier alpha value is -1.88. The van der Waals surface area contributed by atoms with Crippen LogP contribution in [0.1, 0.15) is 21.5 Å². The predicted molar refractivity (Wildman–Crippen MR) is 70.6 cm³/mol. The summed E-state index contributed by atoms with van der Waals surface area (Å²) in [5, 5.41) is 3.59. The third kappa shape index (κ3) is 3.07. The van der Waals surface area contributed by atoms with Crippen molar-refractivity contribution in [2.45, 2.75) is 6.92 Å². The normalized spacial score (nSPS) is 10.8. The van der Waals surface area contributed by atoms with Gasteiger partial charge in [-0.2, -0.15) is 0 Å². The quantitative estimate of drug-likeness (QED) is 0.495. The monoisotopic (exact) mass is 307 g/mol. The van der Waals surface area contributed by atoms with E-state index >= 15 is 0 Å². The van der Waals surface area contributed by atoms with Gasteiger partial charge in [-0.1, -0.05) is 27.2 Å². The van der Waals surface area contributed by atoms with Crippen LogP contribution in [0.3, 0.4) is 0 Å². The second-order valence-corrected chi connectivity index (χ2v) is 4.49. The molecule has 92 valence electrons. The summed E-state index contributed by atoms with van der Waals surface area (Å²) in [5.41, 5.74) is 2.22. The topological polar surface area (TPSA) is 51.8 Å². The molecular weight excluding hydrogens is 298 g/mol.